The Morgan fingerprint density at radius 2 is 2.27 bits per heavy atom. The van der Waals surface area contributed by atoms with Gasteiger partial charge >= 0.3 is 0 Å². The zero-order valence-electron chi connectivity index (χ0n) is 8.16. The van der Waals surface area contributed by atoms with Crippen molar-refractivity contribution < 1.29 is 9.18 Å². The van der Waals surface area contributed by atoms with Gasteiger partial charge in [-0.05, 0) is 25.1 Å². The van der Waals surface area contributed by atoms with Gasteiger partial charge in [0.2, 0.25) is 5.91 Å². The number of rotatable bonds is 3. The third-order valence-corrected chi connectivity index (χ3v) is 2.27. The quantitative estimate of drug-likeness (QED) is 0.771. The molecule has 0 aliphatic rings. The van der Waals surface area contributed by atoms with Gasteiger partial charge in [-0.3, -0.25) is 4.79 Å². The summed E-state index contributed by atoms with van der Waals surface area (Å²) in [6.45, 7) is 1.59. The second kappa shape index (κ2) is 4.84. The molecule has 0 radical (unpaired) electrons. The number of nitrogens with two attached hydrogens (primary N) is 1. The van der Waals surface area contributed by atoms with Gasteiger partial charge in [-0.2, -0.15) is 0 Å². The van der Waals surface area contributed by atoms with Gasteiger partial charge < -0.3 is 11.1 Å². The van der Waals surface area contributed by atoms with E-state index in [1.807, 2.05) is 0 Å². The molecule has 0 aromatic heterocycles. The van der Waals surface area contributed by atoms with Crippen LogP contribution >= 0.6 is 12.2 Å². The summed E-state index contributed by atoms with van der Waals surface area (Å²) in [5.74, 6) is -1.31. The topological polar surface area (TPSA) is 55.1 Å². The van der Waals surface area contributed by atoms with Crippen molar-refractivity contribution in [2.75, 3.05) is 5.32 Å². The average Bonchev–Trinajstić information content (AvgIpc) is 2.16. The van der Waals surface area contributed by atoms with Gasteiger partial charge in [-0.15, -0.1) is 0 Å². The zero-order valence-corrected chi connectivity index (χ0v) is 8.98. The highest BCUT2D eigenvalue weighted by Gasteiger charge is 2.15. The fourth-order valence-electron chi connectivity index (χ4n) is 0.946. The molecule has 0 saturated heterocycles. The maximum atomic E-state index is 12.8. The van der Waals surface area contributed by atoms with Crippen LogP contribution < -0.4 is 11.1 Å². The number of hydrogen-bond acceptors (Lipinski definition) is 2. The lowest BCUT2D eigenvalue weighted by Crippen LogP contribution is -2.30. The highest BCUT2D eigenvalue weighted by Crippen LogP contribution is 2.10. The van der Waals surface area contributed by atoms with Crippen LogP contribution in [0.25, 0.3) is 0 Å². The van der Waals surface area contributed by atoms with Crippen molar-refractivity contribution in [1.82, 2.24) is 0 Å². The molecule has 0 bridgehead atoms. The molecular formula is C10H11FN2OS. The second-order valence-corrected chi connectivity index (χ2v) is 3.60. The molecule has 1 unspecified atom stereocenters. The van der Waals surface area contributed by atoms with Crippen LogP contribution in [0.4, 0.5) is 10.1 Å². The van der Waals surface area contributed by atoms with Crippen molar-refractivity contribution in [3.05, 3.63) is 30.1 Å². The summed E-state index contributed by atoms with van der Waals surface area (Å²) in [6, 6.07) is 5.63. The van der Waals surface area contributed by atoms with E-state index in [4.69, 9.17) is 5.73 Å². The molecule has 1 aromatic rings. The molecule has 0 spiro atoms. The van der Waals surface area contributed by atoms with Crippen LogP contribution in [0.3, 0.4) is 0 Å². The molecule has 80 valence electrons. The van der Waals surface area contributed by atoms with E-state index in [1.54, 1.807) is 13.0 Å². The number of carbonyl (C=O) groups is 1. The average molecular weight is 226 g/mol. The lowest BCUT2D eigenvalue weighted by molar-refractivity contribution is -0.117. The Bertz CT molecular complexity index is 395. The van der Waals surface area contributed by atoms with Gasteiger partial charge in [-0.25, -0.2) is 4.39 Å². The third-order valence-electron chi connectivity index (χ3n) is 1.91. The van der Waals surface area contributed by atoms with E-state index in [2.05, 4.69) is 17.5 Å². The summed E-state index contributed by atoms with van der Waals surface area (Å²) in [5.41, 5.74) is 5.71. The Balaban J connectivity index is 2.70. The highest BCUT2D eigenvalue weighted by atomic mass is 32.1. The molecule has 15 heavy (non-hydrogen) atoms. The number of amides is 1. The largest absolute Gasteiger partial charge is 0.393 e. The number of halogens is 1. The number of anilines is 1. The lowest BCUT2D eigenvalue weighted by atomic mass is 10.1. The van der Waals surface area contributed by atoms with Crippen molar-refractivity contribution in [3.63, 3.8) is 0 Å². The van der Waals surface area contributed by atoms with Crippen LogP contribution in [0.5, 0.6) is 0 Å². The first kappa shape index (κ1) is 11.6. The Kier molecular flexibility index (Phi) is 3.74. The van der Waals surface area contributed by atoms with E-state index >= 15 is 0 Å². The monoisotopic (exact) mass is 226 g/mol. The van der Waals surface area contributed by atoms with Crippen molar-refractivity contribution in [2.24, 2.45) is 11.7 Å². The second-order valence-electron chi connectivity index (χ2n) is 3.12. The first-order valence-electron chi connectivity index (χ1n) is 4.36. The molecule has 3 N–H and O–H groups in total. The number of benzene rings is 1. The van der Waals surface area contributed by atoms with E-state index < -0.39 is 11.7 Å². The van der Waals surface area contributed by atoms with Gasteiger partial charge in [0.1, 0.15) is 5.82 Å². The summed E-state index contributed by atoms with van der Waals surface area (Å²) in [4.78, 5) is 11.6. The predicted molar refractivity (Wildman–Crippen MR) is 61.0 cm³/mol. The molecule has 0 saturated carbocycles. The van der Waals surface area contributed by atoms with Crippen LogP contribution in [0.15, 0.2) is 24.3 Å². The van der Waals surface area contributed by atoms with Crippen LogP contribution in [-0.4, -0.2) is 10.9 Å². The maximum absolute atomic E-state index is 12.8. The van der Waals surface area contributed by atoms with E-state index in [0.717, 1.165) is 0 Å². The zero-order chi connectivity index (χ0) is 11.4. The Labute approximate surface area is 92.5 Å². The number of carbonyl (C=O) groups excluding carboxylic acids is 1. The van der Waals surface area contributed by atoms with E-state index in [1.165, 1.54) is 18.2 Å². The van der Waals surface area contributed by atoms with Gasteiger partial charge in [0.25, 0.3) is 0 Å². The summed E-state index contributed by atoms with van der Waals surface area (Å²) >= 11 is 4.68. The third kappa shape index (κ3) is 3.28. The minimum Gasteiger partial charge on any atom is -0.393 e. The standard InChI is InChI=1S/C10H11FN2OS/c1-6(9(12)15)10(14)13-8-4-2-3-7(11)5-8/h2-6H,1H3,(H2,12,15)(H,13,14). The SMILES string of the molecule is CC(C(=O)Nc1cccc(F)c1)C(N)=S. The van der Waals surface area contributed by atoms with Gasteiger partial charge in [0, 0.05) is 5.69 Å². The Morgan fingerprint density at radius 3 is 2.80 bits per heavy atom. The number of nitrogens with one attached hydrogen (secondary N) is 1. The van der Waals surface area contributed by atoms with Crippen LogP contribution in [0.2, 0.25) is 0 Å². The molecular weight excluding hydrogens is 215 g/mol. The molecule has 0 fully saturated rings. The van der Waals surface area contributed by atoms with Crippen molar-refractivity contribution >= 4 is 28.8 Å². The normalized spacial score (nSPS) is 11.9. The number of thiocarbonyl (C=S) groups is 1. The Hall–Kier alpha value is -1.49. The molecule has 0 heterocycles. The molecule has 5 heteroatoms. The molecule has 3 nitrogen and oxygen atoms in total. The van der Waals surface area contributed by atoms with E-state index in [-0.39, 0.29) is 10.9 Å². The fraction of sp³-hybridized carbons (Fsp3) is 0.200. The molecule has 1 atom stereocenters. The van der Waals surface area contributed by atoms with E-state index in [0.29, 0.717) is 5.69 Å². The molecule has 0 aliphatic heterocycles. The van der Waals surface area contributed by atoms with Gasteiger partial charge in [0.15, 0.2) is 0 Å². The summed E-state index contributed by atoms with van der Waals surface area (Å²) in [7, 11) is 0. The lowest BCUT2D eigenvalue weighted by Gasteiger charge is -2.10. The van der Waals surface area contributed by atoms with E-state index in [9.17, 15) is 9.18 Å². The van der Waals surface area contributed by atoms with Crippen molar-refractivity contribution in [1.29, 1.82) is 0 Å². The summed E-state index contributed by atoms with van der Waals surface area (Å²) in [6.07, 6.45) is 0. The van der Waals surface area contributed by atoms with Crippen molar-refractivity contribution in [2.45, 2.75) is 6.92 Å². The maximum Gasteiger partial charge on any atom is 0.234 e. The highest BCUT2D eigenvalue weighted by molar-refractivity contribution is 7.80. The van der Waals surface area contributed by atoms with Crippen molar-refractivity contribution in [3.8, 4) is 0 Å². The molecule has 0 aliphatic carbocycles. The summed E-state index contributed by atoms with van der Waals surface area (Å²) in [5, 5.41) is 2.52. The minimum atomic E-state index is -0.566. The molecule has 1 aromatic carbocycles. The molecule has 1 amide bonds. The smallest absolute Gasteiger partial charge is 0.234 e. The van der Waals surface area contributed by atoms with Crippen LogP contribution in [0.1, 0.15) is 6.92 Å². The fourth-order valence-corrected chi connectivity index (χ4v) is 1.05. The minimum absolute atomic E-state index is 0.115. The van der Waals surface area contributed by atoms with Gasteiger partial charge in [-0.1, -0.05) is 18.3 Å². The summed E-state index contributed by atoms with van der Waals surface area (Å²) < 4.78 is 12.8. The first-order chi connectivity index (χ1) is 7.00. The van der Waals surface area contributed by atoms with Crippen LogP contribution in [0, 0.1) is 11.7 Å². The van der Waals surface area contributed by atoms with Crippen LogP contribution in [-0.2, 0) is 4.79 Å². The predicted octanol–water partition coefficient (Wildman–Crippen LogP) is 1.69. The number of hydrogen-bond donors (Lipinski definition) is 2. The Morgan fingerprint density at radius 1 is 1.60 bits per heavy atom. The molecule has 1 rings (SSSR count). The first-order valence-corrected chi connectivity index (χ1v) is 4.77. The van der Waals surface area contributed by atoms with Gasteiger partial charge in [0.05, 0.1) is 10.9 Å².